The van der Waals surface area contributed by atoms with Crippen LogP contribution < -0.4 is 0 Å². The predicted molar refractivity (Wildman–Crippen MR) is 48.1 cm³/mol. The van der Waals surface area contributed by atoms with Gasteiger partial charge in [0.1, 0.15) is 0 Å². The molecule has 0 N–H and O–H groups in total. The highest BCUT2D eigenvalue weighted by Gasteiger charge is 2.26. The Labute approximate surface area is 66.0 Å². The topological polar surface area (TPSA) is 0 Å². The summed E-state index contributed by atoms with van der Waals surface area (Å²) in [6.45, 7) is 0. The summed E-state index contributed by atoms with van der Waals surface area (Å²) in [4.78, 5) is 0. The maximum absolute atomic E-state index is 1.56. The summed E-state index contributed by atoms with van der Waals surface area (Å²) in [5.41, 5.74) is 0. The molecular formula is C10H22. The van der Waals surface area contributed by atoms with Gasteiger partial charge in [0.15, 0.2) is 0 Å². The Morgan fingerprint density at radius 2 is 0.700 bits per heavy atom. The predicted octanol–water partition coefficient (Wildman–Crippen LogP) is 3.86. The minimum absolute atomic E-state index is 0. The molecule has 0 heterocycles. The molecule has 3 aliphatic carbocycles. The van der Waals surface area contributed by atoms with Crippen LogP contribution in [0.2, 0.25) is 0 Å². The summed E-state index contributed by atoms with van der Waals surface area (Å²) in [6, 6.07) is 0. The first-order valence-electron chi connectivity index (χ1n) is 3.95. The first-order valence-corrected chi connectivity index (χ1v) is 3.95. The van der Waals surface area contributed by atoms with Crippen LogP contribution in [0.1, 0.15) is 53.4 Å². The summed E-state index contributed by atoms with van der Waals surface area (Å²) in [5.74, 6) is 2.31. The van der Waals surface area contributed by atoms with E-state index in [-0.39, 0.29) is 14.9 Å². The molecule has 10 heavy (non-hydrogen) atoms. The van der Waals surface area contributed by atoms with Gasteiger partial charge in [-0.15, -0.1) is 0 Å². The molecule has 3 rings (SSSR count). The van der Waals surface area contributed by atoms with Gasteiger partial charge in [0.25, 0.3) is 0 Å². The molecule has 0 aromatic carbocycles. The van der Waals surface area contributed by atoms with Crippen LogP contribution in [0.15, 0.2) is 0 Å². The molecule has 0 nitrogen and oxygen atoms in total. The molecule has 0 radical (unpaired) electrons. The van der Waals surface area contributed by atoms with Crippen molar-refractivity contribution in [2.75, 3.05) is 0 Å². The van der Waals surface area contributed by atoms with Crippen molar-refractivity contribution in [3.63, 3.8) is 0 Å². The van der Waals surface area contributed by atoms with Crippen molar-refractivity contribution in [3.05, 3.63) is 0 Å². The second-order valence-electron chi connectivity index (χ2n) is 3.46. The molecule has 0 atom stereocenters. The normalized spacial score (nSPS) is 36.0. The second-order valence-corrected chi connectivity index (χ2v) is 3.46. The van der Waals surface area contributed by atoms with Gasteiger partial charge in [0.2, 0.25) is 0 Å². The number of hydrogen-bond donors (Lipinski definition) is 0. The van der Waals surface area contributed by atoms with Crippen LogP contribution in [0.3, 0.4) is 0 Å². The Morgan fingerprint density at radius 3 is 0.800 bits per heavy atom. The zero-order valence-electron chi connectivity index (χ0n) is 5.40. The third-order valence-corrected chi connectivity index (χ3v) is 2.95. The minimum Gasteiger partial charge on any atom is -0.0776 e. The zero-order valence-corrected chi connectivity index (χ0v) is 5.40. The average molecular weight is 142 g/mol. The molecule has 0 aromatic rings. The van der Waals surface area contributed by atoms with Crippen molar-refractivity contribution in [1.29, 1.82) is 0 Å². The molecule has 2 bridgehead atoms. The van der Waals surface area contributed by atoms with E-state index >= 15 is 0 Å². The Kier molecular flexibility index (Phi) is 4.00. The maximum atomic E-state index is 1.56. The fourth-order valence-corrected chi connectivity index (χ4v) is 2.28. The third-order valence-electron chi connectivity index (χ3n) is 2.95. The van der Waals surface area contributed by atoms with Crippen molar-refractivity contribution in [1.82, 2.24) is 0 Å². The largest absolute Gasteiger partial charge is 0.0776 e. The van der Waals surface area contributed by atoms with E-state index in [0.717, 1.165) is 11.8 Å². The van der Waals surface area contributed by atoms with Crippen molar-refractivity contribution in [3.8, 4) is 0 Å². The van der Waals surface area contributed by atoms with Crippen molar-refractivity contribution in [2.24, 2.45) is 11.8 Å². The highest BCUT2D eigenvalue weighted by atomic mass is 14.3. The van der Waals surface area contributed by atoms with Gasteiger partial charge in [0.05, 0.1) is 0 Å². The fraction of sp³-hybridized carbons (Fsp3) is 1.00. The van der Waals surface area contributed by atoms with E-state index in [1.54, 1.807) is 38.5 Å². The standard InChI is InChI=1S/C8H14.2CH4/c1-2-8-5-3-7(1)4-6-8;;/h7-8H,1-6H2;2*1H4. The zero-order chi connectivity index (χ0) is 5.40. The number of hydrogen-bond acceptors (Lipinski definition) is 0. The molecular weight excluding hydrogens is 120 g/mol. The van der Waals surface area contributed by atoms with Crippen LogP contribution in [-0.4, -0.2) is 0 Å². The summed E-state index contributed by atoms with van der Waals surface area (Å²) in [6.07, 6.45) is 9.36. The van der Waals surface area contributed by atoms with Gasteiger partial charge < -0.3 is 0 Å². The van der Waals surface area contributed by atoms with Crippen LogP contribution in [-0.2, 0) is 0 Å². The Morgan fingerprint density at radius 1 is 0.500 bits per heavy atom. The van der Waals surface area contributed by atoms with Gasteiger partial charge in [-0.25, -0.2) is 0 Å². The van der Waals surface area contributed by atoms with E-state index in [1.165, 1.54) is 0 Å². The molecule has 0 aromatic heterocycles. The van der Waals surface area contributed by atoms with Crippen LogP contribution in [0.4, 0.5) is 0 Å². The molecule has 0 spiro atoms. The molecule has 0 aliphatic heterocycles. The fourth-order valence-electron chi connectivity index (χ4n) is 2.28. The molecule has 62 valence electrons. The Hall–Kier alpha value is 0. The summed E-state index contributed by atoms with van der Waals surface area (Å²) < 4.78 is 0. The Bertz CT molecular complexity index is 55.0. The van der Waals surface area contributed by atoms with E-state index < -0.39 is 0 Å². The summed E-state index contributed by atoms with van der Waals surface area (Å²) in [7, 11) is 0. The van der Waals surface area contributed by atoms with Gasteiger partial charge in [-0.1, -0.05) is 53.4 Å². The first-order chi connectivity index (χ1) is 3.95. The minimum atomic E-state index is 0. The highest BCUT2D eigenvalue weighted by Crippen LogP contribution is 2.40. The van der Waals surface area contributed by atoms with Crippen molar-refractivity contribution in [2.45, 2.75) is 53.4 Å². The number of rotatable bonds is 0. The van der Waals surface area contributed by atoms with E-state index in [2.05, 4.69) is 0 Å². The summed E-state index contributed by atoms with van der Waals surface area (Å²) >= 11 is 0. The first kappa shape index (κ1) is 10.0. The van der Waals surface area contributed by atoms with Gasteiger partial charge in [-0.05, 0) is 11.8 Å². The van der Waals surface area contributed by atoms with Crippen LogP contribution in [0.5, 0.6) is 0 Å². The SMILES string of the molecule is C.C.C1CC2CCC1CC2. The average Bonchev–Trinajstić information content (AvgIpc) is 1.92. The number of fused-ring (bicyclic) bond motifs is 3. The van der Waals surface area contributed by atoms with E-state index in [9.17, 15) is 0 Å². The highest BCUT2D eigenvalue weighted by molar-refractivity contribution is 4.79. The van der Waals surface area contributed by atoms with Crippen LogP contribution in [0, 0.1) is 11.8 Å². The quantitative estimate of drug-likeness (QED) is 0.482. The summed E-state index contributed by atoms with van der Waals surface area (Å²) in [5, 5.41) is 0. The van der Waals surface area contributed by atoms with Gasteiger partial charge in [0, 0.05) is 0 Å². The van der Waals surface area contributed by atoms with Crippen molar-refractivity contribution >= 4 is 0 Å². The van der Waals surface area contributed by atoms with Gasteiger partial charge in [-0.2, -0.15) is 0 Å². The van der Waals surface area contributed by atoms with E-state index in [4.69, 9.17) is 0 Å². The van der Waals surface area contributed by atoms with E-state index in [0.29, 0.717) is 0 Å². The van der Waals surface area contributed by atoms with Crippen LogP contribution in [0.25, 0.3) is 0 Å². The molecule has 0 amide bonds. The third kappa shape index (κ3) is 1.74. The lowest BCUT2D eigenvalue weighted by molar-refractivity contribution is 0.176. The van der Waals surface area contributed by atoms with Crippen LogP contribution >= 0.6 is 0 Å². The van der Waals surface area contributed by atoms with Gasteiger partial charge in [-0.3, -0.25) is 0 Å². The van der Waals surface area contributed by atoms with Crippen molar-refractivity contribution < 1.29 is 0 Å². The monoisotopic (exact) mass is 142 g/mol. The lowest BCUT2D eigenvalue weighted by atomic mass is 9.71. The Balaban J connectivity index is 0.000000405. The molecule has 0 saturated heterocycles. The molecule has 3 aliphatic rings. The lowest BCUT2D eigenvalue weighted by Gasteiger charge is -2.35. The molecule has 3 saturated carbocycles. The lowest BCUT2D eigenvalue weighted by Crippen LogP contribution is -2.21. The second kappa shape index (κ2) is 4.00. The van der Waals surface area contributed by atoms with Gasteiger partial charge >= 0.3 is 0 Å². The van der Waals surface area contributed by atoms with E-state index in [1.807, 2.05) is 0 Å². The maximum Gasteiger partial charge on any atom is -0.0414 e. The molecule has 3 fully saturated rings. The molecule has 0 heteroatoms. The smallest absolute Gasteiger partial charge is 0.0414 e. The molecule has 0 unspecified atom stereocenters.